The van der Waals surface area contributed by atoms with Crippen molar-refractivity contribution in [3.63, 3.8) is 0 Å². The number of carbonyl (C=O) groups is 2. The Morgan fingerprint density at radius 1 is 0.935 bits per heavy atom. The summed E-state index contributed by atoms with van der Waals surface area (Å²) in [5, 5.41) is 44.3. The van der Waals surface area contributed by atoms with E-state index in [4.69, 9.17) is 4.74 Å². The average Bonchev–Trinajstić information content (AvgIpc) is 2.74. The van der Waals surface area contributed by atoms with Crippen LogP contribution in [0.15, 0.2) is 42.5 Å². The second-order valence-electron chi connectivity index (χ2n) is 6.47. The van der Waals surface area contributed by atoms with E-state index in [-0.39, 0.29) is 16.9 Å². The highest BCUT2D eigenvalue weighted by Crippen LogP contribution is 2.49. The Hall–Kier alpha value is -4.27. The van der Waals surface area contributed by atoms with Crippen LogP contribution in [-0.4, -0.2) is 46.3 Å². The molecule has 0 aliphatic heterocycles. The first-order chi connectivity index (χ1) is 14.7. The monoisotopic (exact) mass is 427 g/mol. The molecule has 0 spiro atoms. The number of ether oxygens (including phenoxy) is 1. The SMILES string of the molecule is CNC(=O)c1cc(OC)cc(-c2c(O)cc(O)c(C(=O)c3ccccc3F)c2O)c1O. The van der Waals surface area contributed by atoms with E-state index in [1.54, 1.807) is 0 Å². The number of methoxy groups -OCH3 is 1. The van der Waals surface area contributed by atoms with E-state index in [0.29, 0.717) is 0 Å². The Kier molecular flexibility index (Phi) is 5.69. The number of phenols is 4. The van der Waals surface area contributed by atoms with Gasteiger partial charge in [0.25, 0.3) is 5.91 Å². The number of ketones is 1. The minimum atomic E-state index is -1.05. The summed E-state index contributed by atoms with van der Waals surface area (Å²) >= 11 is 0. The number of phenolic OH excluding ortho intramolecular Hbond substituents is 4. The molecule has 9 heteroatoms. The zero-order chi connectivity index (χ0) is 22.9. The molecule has 3 aromatic carbocycles. The fourth-order valence-corrected chi connectivity index (χ4v) is 3.14. The lowest BCUT2D eigenvalue weighted by Crippen LogP contribution is -2.18. The Balaban J connectivity index is 2.32. The molecular formula is C22H18FNO7. The fraction of sp³-hybridized carbons (Fsp3) is 0.0909. The van der Waals surface area contributed by atoms with Gasteiger partial charge in [0, 0.05) is 18.7 Å². The molecule has 3 aromatic rings. The molecule has 8 nitrogen and oxygen atoms in total. The first kappa shape index (κ1) is 21.4. The number of nitrogens with one attached hydrogen (secondary N) is 1. The Bertz CT molecular complexity index is 1210. The highest BCUT2D eigenvalue weighted by Gasteiger charge is 2.29. The Morgan fingerprint density at radius 2 is 1.61 bits per heavy atom. The maximum Gasteiger partial charge on any atom is 0.254 e. The van der Waals surface area contributed by atoms with Crippen molar-refractivity contribution >= 4 is 11.7 Å². The van der Waals surface area contributed by atoms with Crippen molar-refractivity contribution in [3.8, 4) is 39.9 Å². The number of hydrogen-bond acceptors (Lipinski definition) is 7. The van der Waals surface area contributed by atoms with Gasteiger partial charge in [-0.2, -0.15) is 0 Å². The summed E-state index contributed by atoms with van der Waals surface area (Å²) in [6.45, 7) is 0. The van der Waals surface area contributed by atoms with Gasteiger partial charge in [0.1, 0.15) is 40.1 Å². The van der Waals surface area contributed by atoms with E-state index in [0.717, 1.165) is 18.2 Å². The zero-order valence-electron chi connectivity index (χ0n) is 16.4. The molecule has 0 atom stereocenters. The van der Waals surface area contributed by atoms with Gasteiger partial charge in [-0.25, -0.2) is 4.39 Å². The molecule has 0 radical (unpaired) electrons. The van der Waals surface area contributed by atoms with E-state index in [1.165, 1.54) is 38.4 Å². The molecule has 160 valence electrons. The maximum atomic E-state index is 14.1. The predicted molar refractivity (Wildman–Crippen MR) is 108 cm³/mol. The molecule has 5 N–H and O–H groups in total. The second-order valence-corrected chi connectivity index (χ2v) is 6.47. The van der Waals surface area contributed by atoms with Crippen LogP contribution in [0.3, 0.4) is 0 Å². The van der Waals surface area contributed by atoms with Crippen LogP contribution in [0.4, 0.5) is 4.39 Å². The van der Waals surface area contributed by atoms with Gasteiger partial charge in [0.15, 0.2) is 0 Å². The van der Waals surface area contributed by atoms with Gasteiger partial charge in [-0.05, 0) is 24.3 Å². The Morgan fingerprint density at radius 3 is 2.23 bits per heavy atom. The summed E-state index contributed by atoms with van der Waals surface area (Å²) in [5.74, 6) is -5.57. The molecule has 31 heavy (non-hydrogen) atoms. The van der Waals surface area contributed by atoms with Gasteiger partial charge in [0.05, 0.1) is 23.8 Å². The molecule has 1 amide bonds. The van der Waals surface area contributed by atoms with Crippen LogP contribution in [-0.2, 0) is 0 Å². The lowest BCUT2D eigenvalue weighted by molar-refractivity contribution is 0.0959. The highest BCUT2D eigenvalue weighted by atomic mass is 19.1. The summed E-state index contributed by atoms with van der Waals surface area (Å²) in [6.07, 6.45) is 0. The van der Waals surface area contributed by atoms with Gasteiger partial charge in [-0.1, -0.05) is 12.1 Å². The van der Waals surface area contributed by atoms with Crippen molar-refractivity contribution in [1.29, 1.82) is 0 Å². The number of halogens is 1. The molecule has 0 unspecified atom stereocenters. The molecule has 0 bridgehead atoms. The number of carbonyl (C=O) groups excluding carboxylic acids is 2. The standard InChI is InChI=1S/C22H18FNO7/c1-24-22(30)13-8-10(31-2)7-12(19(13)27)17-15(25)9-16(26)18(21(17)29)20(28)11-5-3-4-6-14(11)23/h3-9,25-27,29H,1-2H3,(H,24,30). The zero-order valence-corrected chi connectivity index (χ0v) is 16.4. The van der Waals surface area contributed by atoms with E-state index in [2.05, 4.69) is 5.32 Å². The quantitative estimate of drug-likeness (QED) is 0.395. The highest BCUT2D eigenvalue weighted by molar-refractivity contribution is 6.14. The minimum absolute atomic E-state index is 0.0975. The molecule has 0 heterocycles. The van der Waals surface area contributed by atoms with E-state index in [1.807, 2.05) is 0 Å². The largest absolute Gasteiger partial charge is 0.507 e. The van der Waals surface area contributed by atoms with Crippen molar-refractivity contribution in [2.75, 3.05) is 14.2 Å². The van der Waals surface area contributed by atoms with Gasteiger partial charge in [0.2, 0.25) is 5.78 Å². The van der Waals surface area contributed by atoms with Crippen LogP contribution in [0.5, 0.6) is 28.7 Å². The summed E-state index contributed by atoms with van der Waals surface area (Å²) in [6, 6.07) is 8.17. The van der Waals surface area contributed by atoms with Crippen LogP contribution in [0.2, 0.25) is 0 Å². The van der Waals surface area contributed by atoms with Crippen molar-refractivity contribution in [2.24, 2.45) is 0 Å². The van der Waals surface area contributed by atoms with Gasteiger partial charge in [-0.15, -0.1) is 0 Å². The third-order valence-corrected chi connectivity index (χ3v) is 4.67. The molecule has 0 aromatic heterocycles. The third-order valence-electron chi connectivity index (χ3n) is 4.67. The lowest BCUT2D eigenvalue weighted by atomic mass is 9.93. The summed E-state index contributed by atoms with van der Waals surface area (Å²) in [4.78, 5) is 25.0. The fourth-order valence-electron chi connectivity index (χ4n) is 3.14. The first-order valence-electron chi connectivity index (χ1n) is 8.91. The molecule has 3 rings (SSSR count). The third kappa shape index (κ3) is 3.68. The van der Waals surface area contributed by atoms with E-state index < -0.39 is 57.2 Å². The van der Waals surface area contributed by atoms with Crippen LogP contribution >= 0.6 is 0 Å². The minimum Gasteiger partial charge on any atom is -0.507 e. The molecule has 0 saturated heterocycles. The van der Waals surface area contributed by atoms with E-state index >= 15 is 0 Å². The number of aromatic hydroxyl groups is 4. The van der Waals surface area contributed by atoms with Crippen LogP contribution < -0.4 is 10.1 Å². The van der Waals surface area contributed by atoms with Crippen LogP contribution in [0.25, 0.3) is 11.1 Å². The summed E-state index contributed by atoms with van der Waals surface area (Å²) in [5.41, 5.74) is -2.06. The molecule has 0 saturated carbocycles. The molecule has 0 aliphatic rings. The maximum absolute atomic E-state index is 14.1. The molecule has 0 aliphatic carbocycles. The second kappa shape index (κ2) is 8.23. The van der Waals surface area contributed by atoms with Gasteiger partial charge in [-0.3, -0.25) is 9.59 Å². The molecular weight excluding hydrogens is 409 g/mol. The van der Waals surface area contributed by atoms with Crippen molar-refractivity contribution in [1.82, 2.24) is 5.32 Å². The summed E-state index contributed by atoms with van der Waals surface area (Å²) < 4.78 is 19.2. The van der Waals surface area contributed by atoms with Crippen LogP contribution in [0, 0.1) is 5.82 Å². The van der Waals surface area contributed by atoms with Crippen LogP contribution in [0.1, 0.15) is 26.3 Å². The topological polar surface area (TPSA) is 136 Å². The lowest BCUT2D eigenvalue weighted by Gasteiger charge is -2.17. The van der Waals surface area contributed by atoms with Crippen molar-refractivity contribution < 1.29 is 39.1 Å². The summed E-state index contributed by atoms with van der Waals surface area (Å²) in [7, 11) is 2.63. The van der Waals surface area contributed by atoms with Crippen molar-refractivity contribution in [3.05, 3.63) is 65.0 Å². The number of hydrogen-bond donors (Lipinski definition) is 5. The number of amides is 1. The normalized spacial score (nSPS) is 10.5. The number of benzene rings is 3. The first-order valence-corrected chi connectivity index (χ1v) is 8.91. The smallest absolute Gasteiger partial charge is 0.254 e. The van der Waals surface area contributed by atoms with Gasteiger partial charge < -0.3 is 30.5 Å². The van der Waals surface area contributed by atoms with Crippen molar-refractivity contribution in [2.45, 2.75) is 0 Å². The van der Waals surface area contributed by atoms with Gasteiger partial charge >= 0.3 is 0 Å². The van der Waals surface area contributed by atoms with E-state index in [9.17, 15) is 34.4 Å². The molecule has 0 fully saturated rings. The predicted octanol–water partition coefficient (Wildman–Crippen LogP) is 2.91. The Labute approximate surface area is 175 Å². The average molecular weight is 427 g/mol. The number of rotatable bonds is 5.